The Labute approximate surface area is 133 Å². The zero-order chi connectivity index (χ0) is 15.8. The van der Waals surface area contributed by atoms with Crippen LogP contribution in [0, 0.1) is 0 Å². The minimum absolute atomic E-state index is 0.139. The van der Waals surface area contributed by atoms with Crippen LogP contribution in [-0.4, -0.2) is 34.0 Å². The monoisotopic (exact) mass is 320 g/mol. The SMILES string of the molecule is CCSCCOC(=O)CCCc1nc2ccccc2c(=O)[nH]1. The number of carbonyl (C=O) groups excluding carboxylic acids is 1. The van der Waals surface area contributed by atoms with E-state index in [0.29, 0.717) is 42.6 Å². The van der Waals surface area contributed by atoms with Crippen LogP contribution in [0.2, 0.25) is 0 Å². The molecule has 5 nitrogen and oxygen atoms in total. The summed E-state index contributed by atoms with van der Waals surface area (Å²) in [4.78, 5) is 30.6. The first-order valence-electron chi connectivity index (χ1n) is 7.42. The Morgan fingerprint density at radius 3 is 3.00 bits per heavy atom. The van der Waals surface area contributed by atoms with Crippen LogP contribution in [0.5, 0.6) is 0 Å². The molecule has 1 N–H and O–H groups in total. The standard InChI is InChI=1S/C16H20N2O3S/c1-2-22-11-10-21-15(19)9-5-8-14-17-13-7-4-3-6-12(13)16(20)18-14/h3-4,6-7H,2,5,8-11H2,1H3,(H,17,18,20). The van der Waals surface area contributed by atoms with Gasteiger partial charge in [0.05, 0.1) is 10.9 Å². The average molecular weight is 320 g/mol. The number of para-hydroxylation sites is 1. The van der Waals surface area contributed by atoms with E-state index in [2.05, 4.69) is 16.9 Å². The highest BCUT2D eigenvalue weighted by Crippen LogP contribution is 2.07. The van der Waals surface area contributed by atoms with Crippen molar-refractivity contribution in [2.45, 2.75) is 26.2 Å². The van der Waals surface area contributed by atoms with Crippen molar-refractivity contribution in [1.29, 1.82) is 0 Å². The molecule has 0 fully saturated rings. The van der Waals surface area contributed by atoms with Gasteiger partial charge in [-0.15, -0.1) is 0 Å². The predicted molar refractivity (Wildman–Crippen MR) is 89.3 cm³/mol. The van der Waals surface area contributed by atoms with E-state index in [1.54, 1.807) is 17.8 Å². The molecule has 2 rings (SSSR count). The summed E-state index contributed by atoms with van der Waals surface area (Å²) >= 11 is 1.75. The lowest BCUT2D eigenvalue weighted by molar-refractivity contribution is -0.143. The maximum absolute atomic E-state index is 11.9. The van der Waals surface area contributed by atoms with E-state index in [1.165, 1.54) is 0 Å². The number of nitrogens with one attached hydrogen (secondary N) is 1. The Balaban J connectivity index is 1.82. The van der Waals surface area contributed by atoms with Crippen LogP contribution in [0.1, 0.15) is 25.6 Å². The van der Waals surface area contributed by atoms with E-state index in [4.69, 9.17) is 4.74 Å². The van der Waals surface area contributed by atoms with Crippen molar-refractivity contribution in [2.24, 2.45) is 0 Å². The molecule has 0 saturated carbocycles. The lowest BCUT2D eigenvalue weighted by Gasteiger charge is -2.05. The van der Waals surface area contributed by atoms with Crippen molar-refractivity contribution in [1.82, 2.24) is 9.97 Å². The van der Waals surface area contributed by atoms with Gasteiger partial charge in [0.2, 0.25) is 0 Å². The summed E-state index contributed by atoms with van der Waals surface area (Å²) in [5.74, 6) is 2.28. The number of esters is 1. The molecule has 0 radical (unpaired) electrons. The molecule has 0 atom stereocenters. The van der Waals surface area contributed by atoms with Crippen molar-refractivity contribution in [3.05, 3.63) is 40.4 Å². The van der Waals surface area contributed by atoms with Crippen LogP contribution in [0.15, 0.2) is 29.1 Å². The second-order valence-corrected chi connectivity index (χ2v) is 6.19. The number of hydrogen-bond donors (Lipinski definition) is 1. The minimum atomic E-state index is -0.195. The fourth-order valence-corrected chi connectivity index (χ4v) is 2.57. The number of hydrogen-bond acceptors (Lipinski definition) is 5. The van der Waals surface area contributed by atoms with Crippen LogP contribution in [0.4, 0.5) is 0 Å². The van der Waals surface area contributed by atoms with Crippen molar-refractivity contribution in [3.63, 3.8) is 0 Å². The predicted octanol–water partition coefficient (Wildman–Crippen LogP) is 2.54. The third-order valence-electron chi connectivity index (χ3n) is 3.15. The molecule has 6 heteroatoms. The second kappa shape index (κ2) is 8.58. The topological polar surface area (TPSA) is 72.0 Å². The first kappa shape index (κ1) is 16.5. The lowest BCUT2D eigenvalue weighted by Crippen LogP contribution is -2.13. The highest BCUT2D eigenvalue weighted by molar-refractivity contribution is 7.99. The molecule has 0 aliphatic rings. The normalized spacial score (nSPS) is 10.8. The molecule has 0 amide bonds. The van der Waals surface area contributed by atoms with Crippen LogP contribution >= 0.6 is 11.8 Å². The van der Waals surface area contributed by atoms with E-state index >= 15 is 0 Å². The maximum Gasteiger partial charge on any atom is 0.305 e. The minimum Gasteiger partial charge on any atom is -0.465 e. The molecule has 1 aromatic heterocycles. The molecule has 1 heterocycles. The number of thioether (sulfide) groups is 1. The number of H-pyrrole nitrogens is 1. The number of aromatic amines is 1. The number of rotatable bonds is 8. The molecule has 22 heavy (non-hydrogen) atoms. The van der Waals surface area contributed by atoms with Crippen molar-refractivity contribution < 1.29 is 9.53 Å². The maximum atomic E-state index is 11.9. The first-order chi connectivity index (χ1) is 10.7. The van der Waals surface area contributed by atoms with Gasteiger partial charge in [-0.2, -0.15) is 11.8 Å². The van der Waals surface area contributed by atoms with Gasteiger partial charge in [0.15, 0.2) is 0 Å². The lowest BCUT2D eigenvalue weighted by atomic mass is 10.2. The quantitative estimate of drug-likeness (QED) is 0.598. The van der Waals surface area contributed by atoms with Gasteiger partial charge < -0.3 is 9.72 Å². The van der Waals surface area contributed by atoms with Gasteiger partial charge in [0.1, 0.15) is 12.4 Å². The van der Waals surface area contributed by atoms with Crippen LogP contribution in [0.25, 0.3) is 10.9 Å². The van der Waals surface area contributed by atoms with E-state index < -0.39 is 0 Å². The summed E-state index contributed by atoms with van der Waals surface area (Å²) in [5.41, 5.74) is 0.542. The summed E-state index contributed by atoms with van der Waals surface area (Å²) in [6.07, 6.45) is 1.51. The number of fused-ring (bicyclic) bond motifs is 1. The molecule has 0 unspecified atom stereocenters. The van der Waals surface area contributed by atoms with Gasteiger partial charge in [0, 0.05) is 18.6 Å². The summed E-state index contributed by atoms with van der Waals surface area (Å²) in [7, 11) is 0. The second-order valence-electron chi connectivity index (χ2n) is 4.80. The fourth-order valence-electron chi connectivity index (χ4n) is 2.08. The molecule has 118 valence electrons. The molecule has 0 aliphatic carbocycles. The van der Waals surface area contributed by atoms with Gasteiger partial charge in [-0.1, -0.05) is 19.1 Å². The molecule has 0 bridgehead atoms. The van der Waals surface area contributed by atoms with Crippen LogP contribution in [0.3, 0.4) is 0 Å². The summed E-state index contributed by atoms with van der Waals surface area (Å²) in [6.45, 7) is 2.53. The number of benzene rings is 1. The number of carbonyl (C=O) groups is 1. The van der Waals surface area contributed by atoms with E-state index in [1.807, 2.05) is 18.2 Å². The average Bonchev–Trinajstić information content (AvgIpc) is 2.52. The molecule has 0 aliphatic heterocycles. The highest BCUT2D eigenvalue weighted by atomic mass is 32.2. The van der Waals surface area contributed by atoms with Gasteiger partial charge in [-0.05, 0) is 24.3 Å². The third-order valence-corrected chi connectivity index (χ3v) is 4.01. The van der Waals surface area contributed by atoms with Gasteiger partial charge in [0.25, 0.3) is 5.56 Å². The Kier molecular flexibility index (Phi) is 6.45. The fraction of sp³-hybridized carbons (Fsp3) is 0.438. The van der Waals surface area contributed by atoms with E-state index in [9.17, 15) is 9.59 Å². The van der Waals surface area contributed by atoms with Crippen molar-refractivity contribution >= 4 is 28.6 Å². The van der Waals surface area contributed by atoms with Crippen molar-refractivity contribution in [2.75, 3.05) is 18.1 Å². The summed E-state index contributed by atoms with van der Waals surface area (Å²) in [5, 5.41) is 0.582. The Bertz CT molecular complexity index is 684. The number of ether oxygens (including phenoxy) is 1. The number of nitrogens with zero attached hydrogens (tertiary/aromatic N) is 1. The van der Waals surface area contributed by atoms with Gasteiger partial charge >= 0.3 is 5.97 Å². The molecule has 0 spiro atoms. The first-order valence-corrected chi connectivity index (χ1v) is 8.57. The summed E-state index contributed by atoms with van der Waals surface area (Å²) < 4.78 is 5.12. The van der Waals surface area contributed by atoms with Crippen LogP contribution < -0.4 is 5.56 Å². The van der Waals surface area contributed by atoms with Crippen molar-refractivity contribution in [3.8, 4) is 0 Å². The number of aryl methyl sites for hydroxylation is 1. The number of aromatic nitrogens is 2. The van der Waals surface area contributed by atoms with E-state index in [0.717, 1.165) is 11.5 Å². The zero-order valence-electron chi connectivity index (χ0n) is 12.6. The van der Waals surface area contributed by atoms with E-state index in [-0.39, 0.29) is 11.5 Å². The highest BCUT2D eigenvalue weighted by Gasteiger charge is 2.06. The molecule has 2 aromatic rings. The summed E-state index contributed by atoms with van der Waals surface area (Å²) in [6, 6.07) is 7.22. The smallest absolute Gasteiger partial charge is 0.305 e. The van der Waals surface area contributed by atoms with Gasteiger partial charge in [-0.25, -0.2) is 4.98 Å². The molecular formula is C16H20N2O3S. The largest absolute Gasteiger partial charge is 0.465 e. The van der Waals surface area contributed by atoms with Crippen LogP contribution in [-0.2, 0) is 16.0 Å². The zero-order valence-corrected chi connectivity index (χ0v) is 13.4. The Morgan fingerprint density at radius 2 is 2.18 bits per heavy atom. The van der Waals surface area contributed by atoms with Gasteiger partial charge in [-0.3, -0.25) is 9.59 Å². The molecule has 1 aromatic carbocycles. The third kappa shape index (κ3) is 4.87. The molecular weight excluding hydrogens is 300 g/mol. The Hall–Kier alpha value is -1.82. The molecule has 0 saturated heterocycles. The Morgan fingerprint density at radius 1 is 1.36 bits per heavy atom.